The molecule has 0 atom stereocenters. The molecule has 1 aromatic heterocycles. The number of methoxy groups -OCH3 is 1. The highest BCUT2D eigenvalue weighted by molar-refractivity contribution is 5.50. The van der Waals surface area contributed by atoms with Crippen LogP contribution in [0, 0.1) is 13.8 Å². The molecule has 96 valence electrons. The second-order valence-electron chi connectivity index (χ2n) is 4.31. The molecule has 0 aliphatic rings. The summed E-state index contributed by atoms with van der Waals surface area (Å²) in [6.45, 7) is 5.62. The lowest BCUT2D eigenvalue weighted by atomic mass is 10.1. The van der Waals surface area contributed by atoms with Gasteiger partial charge in [-0.1, -0.05) is 0 Å². The molecule has 4 heteroatoms. The number of hydrogen-bond donors (Lipinski definition) is 1. The van der Waals surface area contributed by atoms with Crippen LogP contribution in [0.2, 0.25) is 0 Å². The van der Waals surface area contributed by atoms with Gasteiger partial charge in [0.15, 0.2) is 0 Å². The molecule has 0 radical (unpaired) electrons. The first-order valence-corrected chi connectivity index (χ1v) is 5.88. The Morgan fingerprint density at radius 2 is 2.12 bits per heavy atom. The van der Waals surface area contributed by atoms with Gasteiger partial charge in [-0.2, -0.15) is 0 Å². The van der Waals surface area contributed by atoms with Crippen LogP contribution >= 0.6 is 0 Å². The molecule has 0 aliphatic heterocycles. The summed E-state index contributed by atoms with van der Waals surface area (Å²) in [5, 5.41) is 9.42. The van der Waals surface area contributed by atoms with E-state index in [2.05, 4.69) is 9.88 Å². The summed E-state index contributed by atoms with van der Waals surface area (Å²) in [5.74, 6) is 0.876. The van der Waals surface area contributed by atoms with Crippen LogP contribution in [0.4, 0.5) is 5.82 Å². The van der Waals surface area contributed by atoms with Crippen molar-refractivity contribution in [1.29, 1.82) is 0 Å². The Labute approximate surface area is 103 Å². The monoisotopic (exact) mass is 238 g/mol. The van der Waals surface area contributed by atoms with Crippen molar-refractivity contribution in [1.82, 2.24) is 4.98 Å². The Morgan fingerprint density at radius 1 is 1.41 bits per heavy atom. The molecule has 0 bridgehead atoms. The van der Waals surface area contributed by atoms with E-state index in [9.17, 15) is 5.11 Å². The molecule has 0 aliphatic carbocycles. The number of aryl methyl sites for hydroxylation is 2. The molecule has 0 fully saturated rings. The van der Waals surface area contributed by atoms with Gasteiger partial charge in [-0.05, 0) is 31.9 Å². The van der Waals surface area contributed by atoms with Crippen molar-refractivity contribution in [2.24, 2.45) is 0 Å². The molecular formula is C13H22N2O2. The van der Waals surface area contributed by atoms with Gasteiger partial charge in [-0.3, -0.25) is 0 Å². The Balaban J connectivity index is 2.87. The van der Waals surface area contributed by atoms with Gasteiger partial charge in [0.25, 0.3) is 0 Å². The number of anilines is 1. The molecule has 1 heterocycles. The summed E-state index contributed by atoms with van der Waals surface area (Å²) in [6.07, 6.45) is 0.951. The van der Waals surface area contributed by atoms with Crippen LogP contribution in [0.25, 0.3) is 0 Å². The third-order valence-electron chi connectivity index (χ3n) is 2.82. The van der Waals surface area contributed by atoms with Gasteiger partial charge in [0.1, 0.15) is 5.82 Å². The number of hydrogen-bond acceptors (Lipinski definition) is 4. The molecule has 0 aromatic carbocycles. The van der Waals surface area contributed by atoms with Gasteiger partial charge < -0.3 is 14.7 Å². The summed E-state index contributed by atoms with van der Waals surface area (Å²) in [4.78, 5) is 6.58. The zero-order valence-electron chi connectivity index (χ0n) is 11.2. The van der Waals surface area contributed by atoms with Gasteiger partial charge in [-0.25, -0.2) is 4.98 Å². The quantitative estimate of drug-likeness (QED) is 0.766. The van der Waals surface area contributed by atoms with Crippen LogP contribution < -0.4 is 4.90 Å². The van der Waals surface area contributed by atoms with Crippen LogP contribution in [0.5, 0.6) is 0 Å². The standard InChI is InChI=1S/C13H22N2O2/c1-10-8-11(2)14-13(12(10)9-16)15(3)6-5-7-17-4/h8,16H,5-7,9H2,1-4H3. The summed E-state index contributed by atoms with van der Waals surface area (Å²) in [6, 6.07) is 2.00. The van der Waals surface area contributed by atoms with Crippen LogP contribution in [-0.4, -0.2) is 37.4 Å². The third kappa shape index (κ3) is 3.68. The summed E-state index contributed by atoms with van der Waals surface area (Å²) in [5.41, 5.74) is 2.98. The molecule has 0 amide bonds. The second kappa shape index (κ2) is 6.57. The summed E-state index contributed by atoms with van der Waals surface area (Å²) in [7, 11) is 3.70. The molecule has 0 saturated heterocycles. The molecule has 0 spiro atoms. The average molecular weight is 238 g/mol. The minimum atomic E-state index is 0.0308. The molecule has 17 heavy (non-hydrogen) atoms. The molecule has 0 saturated carbocycles. The van der Waals surface area contributed by atoms with Crippen LogP contribution in [0.1, 0.15) is 23.2 Å². The highest BCUT2D eigenvalue weighted by Gasteiger charge is 2.11. The fraction of sp³-hybridized carbons (Fsp3) is 0.615. The number of pyridine rings is 1. The second-order valence-corrected chi connectivity index (χ2v) is 4.31. The normalized spacial score (nSPS) is 10.6. The van der Waals surface area contributed by atoms with Crippen LogP contribution in [-0.2, 0) is 11.3 Å². The van der Waals surface area contributed by atoms with Gasteiger partial charge in [-0.15, -0.1) is 0 Å². The average Bonchev–Trinajstić information content (AvgIpc) is 2.28. The van der Waals surface area contributed by atoms with Crippen molar-refractivity contribution in [3.63, 3.8) is 0 Å². The Bertz CT molecular complexity index is 367. The van der Waals surface area contributed by atoms with Gasteiger partial charge in [0.2, 0.25) is 0 Å². The molecule has 1 aromatic rings. The molecule has 4 nitrogen and oxygen atoms in total. The smallest absolute Gasteiger partial charge is 0.134 e. The number of aliphatic hydroxyl groups excluding tert-OH is 1. The maximum atomic E-state index is 9.42. The lowest BCUT2D eigenvalue weighted by Crippen LogP contribution is -2.23. The van der Waals surface area contributed by atoms with Gasteiger partial charge in [0.05, 0.1) is 6.61 Å². The predicted molar refractivity (Wildman–Crippen MR) is 69.4 cm³/mol. The largest absolute Gasteiger partial charge is 0.392 e. The van der Waals surface area contributed by atoms with Crippen molar-refractivity contribution < 1.29 is 9.84 Å². The predicted octanol–water partition coefficient (Wildman–Crippen LogP) is 1.66. The van der Waals surface area contributed by atoms with Crippen molar-refractivity contribution in [2.45, 2.75) is 26.9 Å². The number of rotatable bonds is 6. The first-order chi connectivity index (χ1) is 8.10. The van der Waals surface area contributed by atoms with E-state index >= 15 is 0 Å². The fourth-order valence-electron chi connectivity index (χ4n) is 1.91. The maximum Gasteiger partial charge on any atom is 0.134 e. The van der Waals surface area contributed by atoms with Crippen LogP contribution in [0.3, 0.4) is 0 Å². The minimum Gasteiger partial charge on any atom is -0.392 e. The first kappa shape index (κ1) is 13.9. The molecule has 1 N–H and O–H groups in total. The highest BCUT2D eigenvalue weighted by Crippen LogP contribution is 2.21. The van der Waals surface area contributed by atoms with E-state index in [-0.39, 0.29) is 6.61 Å². The van der Waals surface area contributed by atoms with Gasteiger partial charge >= 0.3 is 0 Å². The van der Waals surface area contributed by atoms with Crippen molar-refractivity contribution >= 4 is 5.82 Å². The lowest BCUT2D eigenvalue weighted by molar-refractivity contribution is 0.196. The number of aromatic nitrogens is 1. The first-order valence-electron chi connectivity index (χ1n) is 5.88. The van der Waals surface area contributed by atoms with E-state index in [1.807, 2.05) is 27.0 Å². The Kier molecular flexibility index (Phi) is 5.38. The summed E-state index contributed by atoms with van der Waals surface area (Å²) < 4.78 is 5.04. The SMILES string of the molecule is COCCCN(C)c1nc(C)cc(C)c1CO. The number of ether oxygens (including phenoxy) is 1. The van der Waals surface area contributed by atoms with Gasteiger partial charge in [0, 0.05) is 38.6 Å². The van der Waals surface area contributed by atoms with E-state index in [0.717, 1.165) is 42.2 Å². The van der Waals surface area contributed by atoms with Crippen molar-refractivity contribution in [2.75, 3.05) is 32.2 Å². The zero-order chi connectivity index (χ0) is 12.8. The summed E-state index contributed by atoms with van der Waals surface area (Å²) >= 11 is 0. The zero-order valence-corrected chi connectivity index (χ0v) is 11.2. The van der Waals surface area contributed by atoms with Crippen LogP contribution in [0.15, 0.2) is 6.07 Å². The molecule has 0 unspecified atom stereocenters. The number of nitrogens with zero attached hydrogens (tertiary/aromatic N) is 2. The Hall–Kier alpha value is -1.13. The Morgan fingerprint density at radius 3 is 2.71 bits per heavy atom. The molecular weight excluding hydrogens is 216 g/mol. The van der Waals surface area contributed by atoms with E-state index < -0.39 is 0 Å². The molecule has 1 rings (SSSR count). The number of aliphatic hydroxyl groups is 1. The van der Waals surface area contributed by atoms with Crippen molar-refractivity contribution in [3.05, 3.63) is 22.9 Å². The topological polar surface area (TPSA) is 45.6 Å². The maximum absolute atomic E-state index is 9.42. The lowest BCUT2D eigenvalue weighted by Gasteiger charge is -2.22. The van der Waals surface area contributed by atoms with Crippen molar-refractivity contribution in [3.8, 4) is 0 Å². The highest BCUT2D eigenvalue weighted by atomic mass is 16.5. The van der Waals surface area contributed by atoms with E-state index in [1.54, 1.807) is 7.11 Å². The third-order valence-corrected chi connectivity index (χ3v) is 2.82. The fourth-order valence-corrected chi connectivity index (χ4v) is 1.91. The van der Waals surface area contributed by atoms with E-state index in [0.29, 0.717) is 0 Å². The van der Waals surface area contributed by atoms with E-state index in [1.165, 1.54) is 0 Å². The van der Waals surface area contributed by atoms with E-state index in [4.69, 9.17) is 4.74 Å². The minimum absolute atomic E-state index is 0.0308.